The summed E-state index contributed by atoms with van der Waals surface area (Å²) in [5.41, 5.74) is 8.26. The molecule has 0 spiro atoms. The number of hydroxylamine groups is 4. The molecule has 4 heterocycles. The predicted molar refractivity (Wildman–Crippen MR) is 274 cm³/mol. The summed E-state index contributed by atoms with van der Waals surface area (Å²) in [6, 6.07) is 8.89. The molecule has 342 valence electrons. The van der Waals surface area contributed by atoms with Gasteiger partial charge in [0.1, 0.15) is 7.05 Å². The van der Waals surface area contributed by atoms with Gasteiger partial charge in [-0.05, 0) is 165 Å². The molecule has 0 aliphatic carbocycles. The van der Waals surface area contributed by atoms with Gasteiger partial charge in [-0.2, -0.15) is 4.58 Å². The van der Waals surface area contributed by atoms with Crippen LogP contribution in [0, 0.1) is 14.3 Å². The van der Waals surface area contributed by atoms with Crippen LogP contribution in [0.3, 0.4) is 0 Å². The van der Waals surface area contributed by atoms with Gasteiger partial charge in [0.15, 0.2) is 5.71 Å². The third-order valence-corrected chi connectivity index (χ3v) is 15.0. The van der Waals surface area contributed by atoms with E-state index in [0.717, 1.165) is 47.7 Å². The molecule has 64 heavy (non-hydrogen) atoms. The van der Waals surface area contributed by atoms with E-state index < -0.39 is 35.6 Å². The SMILES string of the molecule is CC1C(=CC=C(C=CC=CC2=[N+](C)c3cc(I)cc(I)c3C2(C)CCCCCC(=O)ON2C(=O)CCC2=O)CCCCCC(=O)ON2C(=O)CCC2=O)N(C)c2cc(I)cc(I)c21.[I-]. The normalized spacial score (nSPS) is 20.4. The molecule has 0 aromatic heterocycles. The fourth-order valence-electron chi connectivity index (χ4n) is 8.71. The number of likely N-dealkylation sites (N-methyl/N-ethyl adjacent to an activating group) is 1. The van der Waals surface area contributed by atoms with Crippen molar-refractivity contribution in [2.24, 2.45) is 0 Å². The zero-order valence-electron chi connectivity index (χ0n) is 36.2. The van der Waals surface area contributed by atoms with Crippen LogP contribution in [0.5, 0.6) is 0 Å². The molecule has 2 aromatic carbocycles. The molecule has 4 aliphatic heterocycles. The van der Waals surface area contributed by atoms with Gasteiger partial charge >= 0.3 is 11.9 Å². The number of halogens is 5. The maximum absolute atomic E-state index is 12.4. The molecule has 4 aliphatic rings. The Kier molecular flexibility index (Phi) is 19.5. The number of carbonyl (C=O) groups is 6. The highest BCUT2D eigenvalue weighted by Crippen LogP contribution is 2.47. The van der Waals surface area contributed by atoms with Crippen molar-refractivity contribution >= 4 is 143 Å². The molecule has 0 saturated carbocycles. The van der Waals surface area contributed by atoms with Crippen LogP contribution < -0.4 is 28.9 Å². The molecule has 2 unspecified atom stereocenters. The van der Waals surface area contributed by atoms with Gasteiger partial charge < -0.3 is 38.6 Å². The van der Waals surface area contributed by atoms with Crippen LogP contribution in [-0.2, 0) is 43.9 Å². The van der Waals surface area contributed by atoms with E-state index in [0.29, 0.717) is 23.0 Å². The standard InChI is InChI=1S/C47H51I4N4O8.HI/c1-29-35(52(3)36-27-31(48)25-33(50)45(29)36)19-18-30(13-7-5-8-16-43(60)62-54-39(56)20-21-40(54)57)14-10-11-15-38-47(2,46-34(51)26-32(49)28-37(46)53(38)4)24-12-6-9-17-44(61)63-55-41(58)22-23-42(55)59;/h10-11,14-15,18-19,25-29H,5-9,12-13,16-17,20-24H2,1-4H3;1H/q+1;/p-1. The van der Waals surface area contributed by atoms with Crippen molar-refractivity contribution in [1.29, 1.82) is 0 Å². The van der Waals surface area contributed by atoms with E-state index in [9.17, 15) is 28.8 Å². The van der Waals surface area contributed by atoms with Gasteiger partial charge in [-0.1, -0.05) is 50.5 Å². The maximum atomic E-state index is 12.4. The van der Waals surface area contributed by atoms with Crippen LogP contribution in [0.25, 0.3) is 0 Å². The van der Waals surface area contributed by atoms with Gasteiger partial charge in [-0.3, -0.25) is 19.2 Å². The summed E-state index contributed by atoms with van der Waals surface area (Å²) in [5.74, 6) is -2.81. The Morgan fingerprint density at radius 3 is 1.89 bits per heavy atom. The average molecular weight is 1430 g/mol. The first-order valence-electron chi connectivity index (χ1n) is 21.2. The van der Waals surface area contributed by atoms with Gasteiger partial charge in [0.05, 0.1) is 11.0 Å². The molecule has 4 amide bonds. The zero-order valence-corrected chi connectivity index (χ0v) is 47.0. The van der Waals surface area contributed by atoms with E-state index >= 15 is 0 Å². The number of amides is 4. The Hall–Kier alpha value is -2.26. The van der Waals surface area contributed by atoms with E-state index in [4.69, 9.17) is 9.68 Å². The predicted octanol–water partition coefficient (Wildman–Crippen LogP) is 7.39. The minimum absolute atomic E-state index is 0. The monoisotopic (exact) mass is 1430 g/mol. The van der Waals surface area contributed by atoms with Crippen LogP contribution in [0.2, 0.25) is 0 Å². The molecule has 0 bridgehead atoms. The van der Waals surface area contributed by atoms with Crippen LogP contribution in [-0.4, -0.2) is 70.1 Å². The number of nitrogens with zero attached hydrogens (tertiary/aromatic N) is 4. The molecule has 6 rings (SSSR count). The lowest BCUT2D eigenvalue weighted by atomic mass is 9.75. The first-order valence-corrected chi connectivity index (χ1v) is 25.5. The summed E-state index contributed by atoms with van der Waals surface area (Å²) in [6.07, 6.45) is 19.5. The first-order chi connectivity index (χ1) is 30.0. The molecule has 17 heteroatoms. The second-order valence-electron chi connectivity index (χ2n) is 16.4. The lowest BCUT2D eigenvalue weighted by molar-refractivity contribution is -0.401. The minimum Gasteiger partial charge on any atom is -1.00 e. The Bertz CT molecular complexity index is 2340. The highest BCUT2D eigenvalue weighted by atomic mass is 127. The van der Waals surface area contributed by atoms with Crippen LogP contribution in [0.1, 0.15) is 121 Å². The second kappa shape index (κ2) is 23.6. The summed E-state index contributed by atoms with van der Waals surface area (Å²) in [7, 11) is 4.24. The third kappa shape index (κ3) is 12.4. The van der Waals surface area contributed by atoms with Crippen molar-refractivity contribution in [1.82, 2.24) is 10.1 Å². The van der Waals surface area contributed by atoms with Gasteiger partial charge in [0.2, 0.25) is 5.69 Å². The van der Waals surface area contributed by atoms with Gasteiger partial charge in [-0.25, -0.2) is 9.59 Å². The number of allylic oxidation sites excluding steroid dienone is 8. The molecular formula is C47H51I5N4O8. The van der Waals surface area contributed by atoms with E-state index in [1.165, 1.54) is 44.6 Å². The Morgan fingerprint density at radius 1 is 0.766 bits per heavy atom. The van der Waals surface area contributed by atoms with Gasteiger partial charge in [0, 0.05) is 89.3 Å². The smallest absolute Gasteiger partial charge is 0.333 e. The molecule has 2 saturated heterocycles. The Morgan fingerprint density at radius 2 is 1.30 bits per heavy atom. The second-order valence-corrected chi connectivity index (χ2v) is 21.2. The van der Waals surface area contributed by atoms with Crippen LogP contribution >= 0.6 is 90.4 Å². The molecule has 0 radical (unpaired) electrons. The van der Waals surface area contributed by atoms with E-state index in [1.54, 1.807) is 0 Å². The average Bonchev–Trinajstić information content (AvgIpc) is 3.86. The van der Waals surface area contributed by atoms with Crippen molar-refractivity contribution in [3.05, 3.63) is 97.4 Å². The lowest BCUT2D eigenvalue weighted by Gasteiger charge is -2.23. The van der Waals surface area contributed by atoms with Crippen LogP contribution in [0.4, 0.5) is 11.4 Å². The Labute approximate surface area is 446 Å². The van der Waals surface area contributed by atoms with E-state index in [-0.39, 0.29) is 73.8 Å². The highest BCUT2D eigenvalue weighted by Gasteiger charge is 2.47. The highest BCUT2D eigenvalue weighted by molar-refractivity contribution is 14.1. The van der Waals surface area contributed by atoms with Crippen molar-refractivity contribution in [3.8, 4) is 0 Å². The number of hydrogen-bond donors (Lipinski definition) is 0. The fraction of sp³-hybridized carbons (Fsp3) is 0.426. The maximum Gasteiger partial charge on any atom is 0.333 e. The number of anilines is 1. The summed E-state index contributed by atoms with van der Waals surface area (Å²) in [5, 5.41) is 1.22. The van der Waals surface area contributed by atoms with E-state index in [2.05, 4.69) is 189 Å². The number of fused-ring (bicyclic) bond motifs is 2. The molecule has 2 atom stereocenters. The van der Waals surface area contributed by atoms with Crippen molar-refractivity contribution in [2.75, 3.05) is 19.0 Å². The number of imide groups is 2. The molecule has 2 fully saturated rings. The van der Waals surface area contributed by atoms with Crippen molar-refractivity contribution < 1.29 is 67.0 Å². The summed E-state index contributed by atoms with van der Waals surface area (Å²) < 4.78 is 7.11. The lowest BCUT2D eigenvalue weighted by Crippen LogP contribution is -3.00. The van der Waals surface area contributed by atoms with Crippen molar-refractivity contribution in [2.45, 2.75) is 115 Å². The zero-order chi connectivity index (χ0) is 45.6. The topological polar surface area (TPSA) is 134 Å². The Balaban J connectivity index is 0.00000771. The number of carbonyl (C=O) groups excluding carboxylic acids is 6. The fourth-order valence-corrected chi connectivity index (χ4v) is 13.4. The number of rotatable bonds is 18. The molecule has 12 nitrogen and oxygen atoms in total. The quantitative estimate of drug-likeness (QED) is 0.0493. The summed E-state index contributed by atoms with van der Waals surface area (Å²) in [4.78, 5) is 84.8. The van der Waals surface area contributed by atoms with Crippen LogP contribution in [0.15, 0.2) is 72.0 Å². The molecule has 2 aromatic rings. The van der Waals surface area contributed by atoms with Gasteiger partial charge in [-0.15, -0.1) is 10.1 Å². The number of hydrogen-bond acceptors (Lipinski definition) is 9. The largest absolute Gasteiger partial charge is 1.00 e. The summed E-state index contributed by atoms with van der Waals surface area (Å²) in [6.45, 7) is 4.54. The van der Waals surface area contributed by atoms with E-state index in [1.807, 2.05) is 0 Å². The van der Waals surface area contributed by atoms with Crippen molar-refractivity contribution in [3.63, 3.8) is 0 Å². The third-order valence-electron chi connectivity index (χ3n) is 12.0. The number of unbranched alkanes of at least 4 members (excludes halogenated alkanes) is 4. The first kappa shape index (κ1) is 52.7. The number of benzene rings is 2. The molecule has 0 N–H and O–H groups in total. The summed E-state index contributed by atoms with van der Waals surface area (Å²) >= 11 is 9.63. The minimum atomic E-state index is -0.575. The van der Waals surface area contributed by atoms with Gasteiger partial charge in [0.25, 0.3) is 23.6 Å². The molecular weight excluding hydrogens is 1380 g/mol.